The molecule has 8 heteroatoms. The summed E-state index contributed by atoms with van der Waals surface area (Å²) in [4.78, 5) is 23.7. The molecule has 0 unspecified atom stereocenters. The summed E-state index contributed by atoms with van der Waals surface area (Å²) >= 11 is 1.77. The summed E-state index contributed by atoms with van der Waals surface area (Å²) in [6.45, 7) is 3.09. The molecule has 1 heterocycles. The second-order valence-electron chi connectivity index (χ2n) is 6.68. The van der Waals surface area contributed by atoms with E-state index in [0.717, 1.165) is 30.4 Å². The quantitative estimate of drug-likeness (QED) is 0.348. The first-order valence-electron chi connectivity index (χ1n) is 9.27. The first-order chi connectivity index (χ1) is 12.1. The molecule has 1 aliphatic rings. The molecular weight excluding hydrogens is 461 g/mol. The van der Waals surface area contributed by atoms with E-state index in [9.17, 15) is 4.79 Å². The molecule has 1 aliphatic carbocycles. The second-order valence-corrected chi connectivity index (χ2v) is 7.88. The Balaban J connectivity index is 0.00000338. The van der Waals surface area contributed by atoms with Crippen LogP contribution in [0.5, 0.6) is 0 Å². The number of thiazole rings is 1. The van der Waals surface area contributed by atoms with Gasteiger partial charge in [0, 0.05) is 44.2 Å². The van der Waals surface area contributed by atoms with Crippen molar-refractivity contribution in [2.45, 2.75) is 57.9 Å². The summed E-state index contributed by atoms with van der Waals surface area (Å²) in [6, 6.07) is 0.459. The summed E-state index contributed by atoms with van der Waals surface area (Å²) in [5, 5.41) is 8.02. The Kier molecular flexibility index (Phi) is 11.1. The average molecular weight is 493 g/mol. The topological polar surface area (TPSA) is 69.6 Å². The fraction of sp³-hybridized carbons (Fsp3) is 0.722. The third-order valence-corrected chi connectivity index (χ3v) is 5.60. The summed E-state index contributed by atoms with van der Waals surface area (Å²) < 4.78 is 0. The molecule has 1 aromatic rings. The molecule has 1 saturated carbocycles. The van der Waals surface area contributed by atoms with Gasteiger partial charge >= 0.3 is 0 Å². The van der Waals surface area contributed by atoms with Crippen LogP contribution in [0.4, 0.5) is 0 Å². The van der Waals surface area contributed by atoms with Crippen molar-refractivity contribution in [2.75, 3.05) is 27.2 Å². The van der Waals surface area contributed by atoms with Crippen molar-refractivity contribution in [1.82, 2.24) is 20.5 Å². The predicted molar refractivity (Wildman–Crippen MR) is 120 cm³/mol. The minimum atomic E-state index is 0. The van der Waals surface area contributed by atoms with Crippen molar-refractivity contribution in [3.05, 3.63) is 16.1 Å². The molecule has 1 fully saturated rings. The third kappa shape index (κ3) is 8.20. The second kappa shape index (κ2) is 12.5. The van der Waals surface area contributed by atoms with Crippen LogP contribution in [0, 0.1) is 0 Å². The lowest BCUT2D eigenvalue weighted by molar-refractivity contribution is -0.127. The number of aliphatic imine (C=N–C) groups is 1. The van der Waals surface area contributed by atoms with E-state index in [1.54, 1.807) is 30.3 Å². The molecule has 0 bridgehead atoms. The van der Waals surface area contributed by atoms with Crippen LogP contribution in [-0.4, -0.2) is 55.0 Å². The smallest absolute Gasteiger partial charge is 0.243 e. The minimum Gasteiger partial charge on any atom is -0.356 e. The van der Waals surface area contributed by atoms with Crippen LogP contribution in [0.2, 0.25) is 0 Å². The minimum absolute atomic E-state index is 0. The fourth-order valence-electron chi connectivity index (χ4n) is 2.80. The van der Waals surface area contributed by atoms with Crippen LogP contribution in [0.15, 0.2) is 11.2 Å². The maximum Gasteiger partial charge on any atom is 0.243 e. The maximum absolute atomic E-state index is 11.8. The molecule has 2 N–H and O–H groups in total. The molecule has 6 nitrogen and oxygen atoms in total. The molecule has 2 rings (SSSR count). The number of rotatable bonds is 7. The van der Waals surface area contributed by atoms with Crippen molar-refractivity contribution in [1.29, 1.82) is 0 Å². The molecule has 0 saturated heterocycles. The molecule has 0 aliphatic heterocycles. The first-order valence-corrected chi connectivity index (χ1v) is 10.1. The number of aromatic nitrogens is 1. The Morgan fingerprint density at radius 2 is 2.08 bits per heavy atom. The van der Waals surface area contributed by atoms with Crippen LogP contribution in [-0.2, 0) is 17.6 Å². The number of carbonyl (C=O) groups is 1. The number of aryl methyl sites for hydroxylation is 1. The van der Waals surface area contributed by atoms with Crippen molar-refractivity contribution < 1.29 is 4.79 Å². The predicted octanol–water partition coefficient (Wildman–Crippen LogP) is 2.82. The highest BCUT2D eigenvalue weighted by molar-refractivity contribution is 14.0. The number of amides is 1. The van der Waals surface area contributed by atoms with Crippen molar-refractivity contribution in [2.24, 2.45) is 4.99 Å². The normalized spacial score (nSPS) is 15.3. The molecule has 1 amide bonds. The van der Waals surface area contributed by atoms with E-state index >= 15 is 0 Å². The van der Waals surface area contributed by atoms with E-state index in [1.165, 1.54) is 37.0 Å². The molecule has 0 radical (unpaired) electrons. The largest absolute Gasteiger partial charge is 0.356 e. The average Bonchev–Trinajstić information content (AvgIpc) is 3.08. The number of guanidine groups is 1. The highest BCUT2D eigenvalue weighted by atomic mass is 127. The number of carbonyl (C=O) groups excluding carboxylic acids is 1. The van der Waals surface area contributed by atoms with Crippen LogP contribution >= 0.6 is 35.3 Å². The van der Waals surface area contributed by atoms with Crippen LogP contribution in [0.1, 0.15) is 48.9 Å². The Hall–Kier alpha value is -0.900. The van der Waals surface area contributed by atoms with E-state index in [1.807, 2.05) is 6.20 Å². The lowest BCUT2D eigenvalue weighted by atomic mass is 9.96. The third-order valence-electron chi connectivity index (χ3n) is 4.40. The molecule has 0 spiro atoms. The summed E-state index contributed by atoms with van der Waals surface area (Å²) in [5.74, 6) is 0.756. The van der Waals surface area contributed by atoms with Gasteiger partial charge in [-0.15, -0.1) is 35.3 Å². The number of nitrogens with one attached hydrogen (secondary N) is 2. The van der Waals surface area contributed by atoms with E-state index in [4.69, 9.17) is 0 Å². The molecule has 0 atom stereocenters. The zero-order valence-electron chi connectivity index (χ0n) is 16.1. The Morgan fingerprint density at radius 3 is 2.69 bits per heavy atom. The summed E-state index contributed by atoms with van der Waals surface area (Å²) in [5.41, 5.74) is 0. The Labute approximate surface area is 178 Å². The molecule has 148 valence electrons. The van der Waals surface area contributed by atoms with Gasteiger partial charge in [0.2, 0.25) is 5.91 Å². The zero-order valence-corrected chi connectivity index (χ0v) is 19.2. The molecule has 1 aromatic heterocycles. The summed E-state index contributed by atoms with van der Waals surface area (Å²) in [7, 11) is 3.51. The van der Waals surface area contributed by atoms with Gasteiger partial charge in [0.05, 0.1) is 5.01 Å². The van der Waals surface area contributed by atoms with Crippen LogP contribution in [0.25, 0.3) is 0 Å². The fourth-order valence-corrected chi connectivity index (χ4v) is 3.66. The van der Waals surface area contributed by atoms with Gasteiger partial charge in [-0.25, -0.2) is 9.98 Å². The number of hydrogen-bond donors (Lipinski definition) is 2. The Bertz CT molecular complexity index is 570. The number of nitrogens with zero attached hydrogens (tertiary/aromatic N) is 3. The molecule has 0 aromatic carbocycles. The standard InChI is InChI=1S/C18H31N5OS.HI/c1-4-15-12-20-16(25-15)10-11-19-18(21-13-17(24)23(2)3)22-14-8-6-5-7-9-14;/h12,14H,4-11,13H2,1-3H3,(H2,19,21,22);1H. The van der Waals surface area contributed by atoms with Gasteiger partial charge in [0.25, 0.3) is 0 Å². The van der Waals surface area contributed by atoms with Gasteiger partial charge in [-0.05, 0) is 19.3 Å². The van der Waals surface area contributed by atoms with E-state index in [0.29, 0.717) is 6.04 Å². The number of hydrogen-bond acceptors (Lipinski definition) is 4. The van der Waals surface area contributed by atoms with Gasteiger partial charge in [-0.1, -0.05) is 26.2 Å². The van der Waals surface area contributed by atoms with Crippen LogP contribution in [0.3, 0.4) is 0 Å². The van der Waals surface area contributed by atoms with E-state index in [-0.39, 0.29) is 36.4 Å². The van der Waals surface area contributed by atoms with E-state index < -0.39 is 0 Å². The lowest BCUT2D eigenvalue weighted by Gasteiger charge is -2.25. The highest BCUT2D eigenvalue weighted by Crippen LogP contribution is 2.17. The van der Waals surface area contributed by atoms with Crippen molar-refractivity contribution in [3.8, 4) is 0 Å². The van der Waals surface area contributed by atoms with Gasteiger partial charge < -0.3 is 15.5 Å². The van der Waals surface area contributed by atoms with Gasteiger partial charge in [-0.2, -0.15) is 0 Å². The van der Waals surface area contributed by atoms with E-state index in [2.05, 4.69) is 27.5 Å². The number of likely N-dealkylation sites (N-methyl/N-ethyl adjacent to an activating group) is 1. The number of halogens is 1. The zero-order chi connectivity index (χ0) is 18.1. The highest BCUT2D eigenvalue weighted by Gasteiger charge is 2.15. The van der Waals surface area contributed by atoms with Gasteiger partial charge in [-0.3, -0.25) is 4.79 Å². The Morgan fingerprint density at radius 1 is 1.35 bits per heavy atom. The first kappa shape index (κ1) is 23.1. The summed E-state index contributed by atoms with van der Waals surface area (Å²) in [6.07, 6.45) is 10.1. The van der Waals surface area contributed by atoms with Gasteiger partial charge in [0.15, 0.2) is 5.96 Å². The van der Waals surface area contributed by atoms with Crippen molar-refractivity contribution >= 4 is 47.2 Å². The maximum atomic E-state index is 11.8. The van der Waals surface area contributed by atoms with Gasteiger partial charge in [0.1, 0.15) is 6.54 Å². The monoisotopic (exact) mass is 493 g/mol. The van der Waals surface area contributed by atoms with Crippen molar-refractivity contribution in [3.63, 3.8) is 0 Å². The van der Waals surface area contributed by atoms with Crippen LogP contribution < -0.4 is 10.6 Å². The molecule has 26 heavy (non-hydrogen) atoms. The lowest BCUT2D eigenvalue weighted by Crippen LogP contribution is -2.45. The molecular formula is C18H32IN5OS. The SMILES string of the molecule is CCc1cnc(CCNC(=NCC(=O)N(C)C)NC2CCCCC2)s1.I.